The highest BCUT2D eigenvalue weighted by molar-refractivity contribution is 6.00. The van der Waals surface area contributed by atoms with Crippen molar-refractivity contribution < 1.29 is 19.1 Å². The number of aryl methyl sites for hydroxylation is 1. The smallest absolute Gasteiger partial charge is 0.312 e. The van der Waals surface area contributed by atoms with Crippen molar-refractivity contribution in [1.82, 2.24) is 5.32 Å². The molecule has 1 aliphatic heterocycles. The van der Waals surface area contributed by atoms with E-state index in [-0.39, 0.29) is 24.3 Å². The van der Waals surface area contributed by atoms with Crippen molar-refractivity contribution in [2.24, 2.45) is 5.92 Å². The van der Waals surface area contributed by atoms with Gasteiger partial charge in [-0.15, -0.1) is 0 Å². The molecule has 1 saturated carbocycles. The molecule has 1 N–H and O–H groups in total. The molecule has 2 amide bonds. The first-order valence-corrected chi connectivity index (χ1v) is 8.74. The molecule has 1 aliphatic carbocycles. The number of hydrogen-bond donors (Lipinski definition) is 1. The second kappa shape index (κ2) is 6.86. The molecule has 1 aromatic rings. The van der Waals surface area contributed by atoms with E-state index >= 15 is 0 Å². The third-order valence-electron chi connectivity index (χ3n) is 4.91. The first-order chi connectivity index (χ1) is 11.9. The van der Waals surface area contributed by atoms with Crippen LogP contribution in [0.3, 0.4) is 0 Å². The van der Waals surface area contributed by atoms with Crippen LogP contribution in [0.15, 0.2) is 18.2 Å². The number of hydrogen-bond acceptors (Lipinski definition) is 4. The molecule has 134 valence electrons. The number of nitrogens with one attached hydrogen (secondary N) is 1. The minimum Gasteiger partial charge on any atom is -0.452 e. The van der Waals surface area contributed by atoms with Crippen LogP contribution in [-0.4, -0.2) is 36.5 Å². The van der Waals surface area contributed by atoms with Crippen LogP contribution >= 0.6 is 0 Å². The van der Waals surface area contributed by atoms with Crippen molar-refractivity contribution in [3.8, 4) is 0 Å². The minimum atomic E-state index is -0.835. The van der Waals surface area contributed by atoms with Gasteiger partial charge in [0.2, 0.25) is 5.91 Å². The second-order valence-corrected chi connectivity index (χ2v) is 6.99. The van der Waals surface area contributed by atoms with Crippen molar-refractivity contribution in [2.45, 2.75) is 52.2 Å². The molecule has 1 saturated heterocycles. The van der Waals surface area contributed by atoms with E-state index in [9.17, 15) is 14.4 Å². The number of carbonyl (C=O) groups is 3. The summed E-state index contributed by atoms with van der Waals surface area (Å²) in [7, 11) is 0. The lowest BCUT2D eigenvalue weighted by Gasteiger charge is -2.20. The first kappa shape index (κ1) is 17.5. The number of nitrogens with zero attached hydrogens (tertiary/aromatic N) is 1. The van der Waals surface area contributed by atoms with Crippen LogP contribution in [0.1, 0.15) is 37.3 Å². The van der Waals surface area contributed by atoms with Gasteiger partial charge in [-0.25, -0.2) is 0 Å². The predicted octanol–water partition coefficient (Wildman–Crippen LogP) is 1.87. The van der Waals surface area contributed by atoms with Crippen molar-refractivity contribution >= 4 is 23.5 Å². The zero-order valence-corrected chi connectivity index (χ0v) is 14.9. The molecule has 3 rings (SSSR count). The number of esters is 1. The Labute approximate surface area is 147 Å². The lowest BCUT2D eigenvalue weighted by atomic mass is 10.1. The van der Waals surface area contributed by atoms with Crippen LogP contribution in [0.25, 0.3) is 0 Å². The number of anilines is 1. The van der Waals surface area contributed by atoms with E-state index in [0.717, 1.165) is 29.7 Å². The molecule has 0 bridgehead atoms. The monoisotopic (exact) mass is 344 g/mol. The Hall–Kier alpha value is -2.37. The lowest BCUT2D eigenvalue weighted by molar-refractivity contribution is -0.158. The average Bonchev–Trinajstić information content (AvgIpc) is 3.29. The fraction of sp³-hybridized carbons (Fsp3) is 0.526. The SMILES string of the molecule is Cc1cccc(N2C[C@H](C(=O)O[C@H](C)C(=O)NC3CC3)CC2=O)c1C. The summed E-state index contributed by atoms with van der Waals surface area (Å²) < 4.78 is 5.28. The van der Waals surface area contributed by atoms with E-state index in [1.54, 1.807) is 11.8 Å². The second-order valence-electron chi connectivity index (χ2n) is 6.99. The normalized spacial score (nSPS) is 21.2. The maximum Gasteiger partial charge on any atom is 0.312 e. The van der Waals surface area contributed by atoms with Gasteiger partial charge in [-0.1, -0.05) is 12.1 Å². The van der Waals surface area contributed by atoms with Gasteiger partial charge in [0.15, 0.2) is 6.10 Å². The maximum atomic E-state index is 12.4. The Morgan fingerprint density at radius 3 is 2.68 bits per heavy atom. The van der Waals surface area contributed by atoms with Gasteiger partial charge in [-0.2, -0.15) is 0 Å². The minimum absolute atomic E-state index is 0.0919. The summed E-state index contributed by atoms with van der Waals surface area (Å²) in [6, 6.07) is 6.01. The van der Waals surface area contributed by atoms with Gasteiger partial charge in [-0.05, 0) is 50.8 Å². The van der Waals surface area contributed by atoms with Crippen molar-refractivity contribution in [3.63, 3.8) is 0 Å². The highest BCUT2D eigenvalue weighted by Crippen LogP contribution is 2.30. The van der Waals surface area contributed by atoms with Crippen LogP contribution in [-0.2, 0) is 19.1 Å². The summed E-state index contributed by atoms with van der Waals surface area (Å²) in [6.07, 6.45) is 1.24. The van der Waals surface area contributed by atoms with E-state index in [2.05, 4.69) is 5.32 Å². The average molecular weight is 344 g/mol. The Bertz CT molecular complexity index is 711. The summed E-state index contributed by atoms with van der Waals surface area (Å²) in [5, 5.41) is 2.81. The molecule has 2 atom stereocenters. The van der Waals surface area contributed by atoms with Crippen LogP contribution in [0, 0.1) is 19.8 Å². The number of benzene rings is 1. The third kappa shape index (κ3) is 3.83. The zero-order chi connectivity index (χ0) is 18.1. The summed E-state index contributed by atoms with van der Waals surface area (Å²) in [4.78, 5) is 38.3. The van der Waals surface area contributed by atoms with Gasteiger partial charge >= 0.3 is 5.97 Å². The van der Waals surface area contributed by atoms with Gasteiger partial charge < -0.3 is 15.0 Å². The van der Waals surface area contributed by atoms with Crippen LogP contribution in [0.2, 0.25) is 0 Å². The maximum absolute atomic E-state index is 12.4. The summed E-state index contributed by atoms with van der Waals surface area (Å²) in [5.74, 6) is -1.39. The van der Waals surface area contributed by atoms with E-state index in [4.69, 9.17) is 4.74 Å². The van der Waals surface area contributed by atoms with Gasteiger partial charge in [0.1, 0.15) is 0 Å². The van der Waals surface area contributed by atoms with Gasteiger partial charge in [-0.3, -0.25) is 14.4 Å². The molecule has 1 heterocycles. The molecule has 25 heavy (non-hydrogen) atoms. The van der Waals surface area contributed by atoms with Crippen molar-refractivity contribution in [2.75, 3.05) is 11.4 Å². The summed E-state index contributed by atoms with van der Waals surface area (Å²) in [6.45, 7) is 5.81. The molecule has 0 aromatic heterocycles. The first-order valence-electron chi connectivity index (χ1n) is 8.74. The molecule has 0 spiro atoms. The molecule has 0 unspecified atom stereocenters. The fourth-order valence-electron chi connectivity index (χ4n) is 3.00. The number of amides is 2. The van der Waals surface area contributed by atoms with Gasteiger partial charge in [0.05, 0.1) is 5.92 Å². The quantitative estimate of drug-likeness (QED) is 0.828. The molecule has 2 fully saturated rings. The predicted molar refractivity (Wildman–Crippen MR) is 93.1 cm³/mol. The van der Waals surface area contributed by atoms with E-state index in [0.29, 0.717) is 6.54 Å². The fourth-order valence-corrected chi connectivity index (χ4v) is 3.00. The Kier molecular flexibility index (Phi) is 4.79. The van der Waals surface area contributed by atoms with Gasteiger partial charge in [0.25, 0.3) is 5.91 Å². The zero-order valence-electron chi connectivity index (χ0n) is 14.9. The summed E-state index contributed by atoms with van der Waals surface area (Å²) >= 11 is 0. The summed E-state index contributed by atoms with van der Waals surface area (Å²) in [5.41, 5.74) is 2.96. The number of ether oxygens (including phenoxy) is 1. The van der Waals surface area contributed by atoms with Crippen molar-refractivity contribution in [3.05, 3.63) is 29.3 Å². The number of carbonyl (C=O) groups excluding carboxylic acids is 3. The van der Waals surface area contributed by atoms with Gasteiger partial charge in [0, 0.05) is 24.7 Å². The highest BCUT2D eigenvalue weighted by atomic mass is 16.5. The molecule has 1 aromatic carbocycles. The van der Waals surface area contributed by atoms with Crippen LogP contribution < -0.4 is 10.2 Å². The van der Waals surface area contributed by atoms with Crippen molar-refractivity contribution in [1.29, 1.82) is 0 Å². The Morgan fingerprint density at radius 2 is 2.00 bits per heavy atom. The molecule has 2 aliphatic rings. The molecule has 6 nitrogen and oxygen atoms in total. The topological polar surface area (TPSA) is 75.7 Å². The van der Waals surface area contributed by atoms with Crippen LogP contribution in [0.4, 0.5) is 5.69 Å². The third-order valence-corrected chi connectivity index (χ3v) is 4.91. The lowest BCUT2D eigenvalue weighted by Crippen LogP contribution is -2.38. The molecular weight excluding hydrogens is 320 g/mol. The molecule has 0 radical (unpaired) electrons. The number of rotatable bonds is 5. The van der Waals surface area contributed by atoms with E-state index in [1.165, 1.54) is 0 Å². The Balaban J connectivity index is 1.62. The van der Waals surface area contributed by atoms with E-state index in [1.807, 2.05) is 32.0 Å². The Morgan fingerprint density at radius 1 is 1.28 bits per heavy atom. The highest BCUT2D eigenvalue weighted by Gasteiger charge is 2.38. The molecule has 6 heteroatoms. The standard InChI is InChI=1S/C19H24N2O4/c1-11-5-4-6-16(12(11)2)21-10-14(9-17(21)22)19(24)25-13(3)18(23)20-15-7-8-15/h4-6,13-15H,7-10H2,1-3H3,(H,20,23)/t13-,14-/m1/s1. The van der Waals surface area contributed by atoms with E-state index < -0.39 is 18.0 Å². The van der Waals surface area contributed by atoms with Crippen LogP contribution in [0.5, 0.6) is 0 Å². The largest absolute Gasteiger partial charge is 0.452 e. The molecular formula is C19H24N2O4.